The highest BCUT2D eigenvalue weighted by Crippen LogP contribution is 2.22. The summed E-state index contributed by atoms with van der Waals surface area (Å²) in [5.74, 6) is 0.996. The Labute approximate surface area is 103 Å². The van der Waals surface area contributed by atoms with Gasteiger partial charge >= 0.3 is 0 Å². The Morgan fingerprint density at radius 2 is 2.27 bits per heavy atom. The average Bonchev–Trinajstić information content (AvgIpc) is 2.42. The van der Waals surface area contributed by atoms with E-state index in [2.05, 4.69) is 27.3 Å². The molecule has 0 radical (unpaired) electrons. The molecule has 0 spiro atoms. The standard InChI is InChI=1S/C10H17BrN2OS/c1-7-10(11)9(13(2)12-7)6-8(14)4-5-15-3/h8,14H,4-6H2,1-3H3. The third-order valence-corrected chi connectivity index (χ3v) is 4.02. The number of aliphatic hydroxyl groups is 1. The third kappa shape index (κ3) is 3.50. The van der Waals surface area contributed by atoms with Crippen molar-refractivity contribution < 1.29 is 5.11 Å². The average molecular weight is 293 g/mol. The zero-order valence-electron chi connectivity index (χ0n) is 9.33. The van der Waals surface area contributed by atoms with E-state index in [9.17, 15) is 5.11 Å². The van der Waals surface area contributed by atoms with Crippen LogP contribution in [0, 0.1) is 6.92 Å². The molecule has 0 saturated heterocycles. The van der Waals surface area contributed by atoms with Gasteiger partial charge in [0.15, 0.2) is 0 Å². The van der Waals surface area contributed by atoms with E-state index in [1.54, 1.807) is 11.8 Å². The first-order chi connectivity index (χ1) is 7.06. The molecule has 0 bridgehead atoms. The van der Waals surface area contributed by atoms with Gasteiger partial charge in [-0.1, -0.05) is 0 Å². The van der Waals surface area contributed by atoms with E-state index >= 15 is 0 Å². The number of nitrogens with zero attached hydrogens (tertiary/aromatic N) is 2. The summed E-state index contributed by atoms with van der Waals surface area (Å²) in [6.45, 7) is 1.96. The van der Waals surface area contributed by atoms with Crippen molar-refractivity contribution >= 4 is 27.7 Å². The van der Waals surface area contributed by atoms with Crippen LogP contribution in [0.1, 0.15) is 17.8 Å². The Bertz CT molecular complexity index is 327. The molecular weight excluding hydrogens is 276 g/mol. The summed E-state index contributed by atoms with van der Waals surface area (Å²) in [6.07, 6.45) is 3.27. The SMILES string of the molecule is CSCCC(O)Cc1c(Br)c(C)nn1C. The number of aromatic nitrogens is 2. The second kappa shape index (κ2) is 5.92. The van der Waals surface area contributed by atoms with Crippen molar-refractivity contribution in [3.8, 4) is 0 Å². The fraction of sp³-hybridized carbons (Fsp3) is 0.700. The highest BCUT2D eigenvalue weighted by molar-refractivity contribution is 9.10. The zero-order chi connectivity index (χ0) is 11.4. The molecule has 1 aromatic heterocycles. The minimum Gasteiger partial charge on any atom is -0.393 e. The summed E-state index contributed by atoms with van der Waals surface area (Å²) in [7, 11) is 1.91. The third-order valence-electron chi connectivity index (χ3n) is 2.35. The first-order valence-corrected chi connectivity index (χ1v) is 7.10. The van der Waals surface area contributed by atoms with E-state index in [0.717, 1.165) is 28.0 Å². The van der Waals surface area contributed by atoms with E-state index in [-0.39, 0.29) is 6.10 Å². The maximum atomic E-state index is 9.82. The number of aliphatic hydroxyl groups excluding tert-OH is 1. The molecule has 1 aromatic rings. The lowest BCUT2D eigenvalue weighted by atomic mass is 10.1. The van der Waals surface area contributed by atoms with E-state index in [1.165, 1.54) is 0 Å². The number of rotatable bonds is 5. The lowest BCUT2D eigenvalue weighted by Crippen LogP contribution is -2.14. The minimum absolute atomic E-state index is 0.274. The highest BCUT2D eigenvalue weighted by Gasteiger charge is 2.14. The molecule has 0 aliphatic heterocycles. The summed E-state index contributed by atoms with van der Waals surface area (Å²) in [5.41, 5.74) is 2.05. The fourth-order valence-electron chi connectivity index (χ4n) is 1.48. The molecular formula is C10H17BrN2OS. The van der Waals surface area contributed by atoms with Crippen LogP contribution in [0.5, 0.6) is 0 Å². The quantitative estimate of drug-likeness (QED) is 0.904. The van der Waals surface area contributed by atoms with Gasteiger partial charge in [0.25, 0.3) is 0 Å². The predicted octanol–water partition coefficient (Wildman–Crippen LogP) is 2.15. The molecule has 1 atom stereocenters. The molecule has 1 unspecified atom stereocenters. The van der Waals surface area contributed by atoms with Gasteiger partial charge < -0.3 is 5.11 Å². The summed E-state index contributed by atoms with van der Waals surface area (Å²) in [4.78, 5) is 0. The summed E-state index contributed by atoms with van der Waals surface area (Å²) < 4.78 is 2.86. The van der Waals surface area contributed by atoms with Crippen LogP contribution < -0.4 is 0 Å². The van der Waals surface area contributed by atoms with Crippen molar-refractivity contribution in [2.75, 3.05) is 12.0 Å². The van der Waals surface area contributed by atoms with E-state index in [0.29, 0.717) is 6.42 Å². The molecule has 3 nitrogen and oxygen atoms in total. The van der Waals surface area contributed by atoms with E-state index in [4.69, 9.17) is 0 Å². The summed E-state index contributed by atoms with van der Waals surface area (Å²) in [5, 5.41) is 14.1. The Morgan fingerprint density at radius 3 is 2.73 bits per heavy atom. The van der Waals surface area contributed by atoms with Crippen molar-refractivity contribution in [2.24, 2.45) is 7.05 Å². The first kappa shape index (κ1) is 13.1. The zero-order valence-corrected chi connectivity index (χ0v) is 11.7. The first-order valence-electron chi connectivity index (χ1n) is 4.91. The van der Waals surface area contributed by atoms with Gasteiger partial charge in [0, 0.05) is 13.5 Å². The van der Waals surface area contributed by atoms with Crippen LogP contribution >= 0.6 is 27.7 Å². The van der Waals surface area contributed by atoms with E-state index in [1.807, 2.05) is 18.7 Å². The van der Waals surface area contributed by atoms with Crippen LogP contribution in [-0.4, -0.2) is 33.0 Å². The van der Waals surface area contributed by atoms with Crippen molar-refractivity contribution in [3.63, 3.8) is 0 Å². The Balaban J connectivity index is 2.63. The summed E-state index contributed by atoms with van der Waals surface area (Å²) >= 11 is 5.26. The molecule has 0 aliphatic carbocycles. The van der Waals surface area contributed by atoms with Crippen molar-refractivity contribution in [2.45, 2.75) is 25.9 Å². The van der Waals surface area contributed by atoms with E-state index < -0.39 is 0 Å². The van der Waals surface area contributed by atoms with Gasteiger partial charge in [-0.3, -0.25) is 4.68 Å². The fourth-order valence-corrected chi connectivity index (χ4v) is 2.49. The number of hydrogen-bond acceptors (Lipinski definition) is 3. The highest BCUT2D eigenvalue weighted by atomic mass is 79.9. The normalized spacial score (nSPS) is 13.1. The molecule has 0 amide bonds. The van der Waals surface area contributed by atoms with Crippen molar-refractivity contribution in [3.05, 3.63) is 15.9 Å². The number of aryl methyl sites for hydroxylation is 2. The largest absolute Gasteiger partial charge is 0.393 e. The van der Waals surface area contributed by atoms with Gasteiger partial charge in [0.2, 0.25) is 0 Å². The molecule has 1 rings (SSSR count). The van der Waals surface area contributed by atoms with Gasteiger partial charge in [-0.05, 0) is 41.3 Å². The van der Waals surface area contributed by atoms with Crippen LogP contribution in [0.2, 0.25) is 0 Å². The van der Waals surface area contributed by atoms with Crippen LogP contribution in [0.3, 0.4) is 0 Å². The molecule has 0 saturated carbocycles. The molecule has 1 N–H and O–H groups in total. The maximum Gasteiger partial charge on any atom is 0.0738 e. The molecule has 15 heavy (non-hydrogen) atoms. The molecule has 0 aliphatic rings. The number of thioether (sulfide) groups is 1. The summed E-state index contributed by atoms with van der Waals surface area (Å²) in [6, 6.07) is 0. The number of halogens is 1. The predicted molar refractivity (Wildman–Crippen MR) is 68.4 cm³/mol. The van der Waals surface area contributed by atoms with Crippen molar-refractivity contribution in [1.82, 2.24) is 9.78 Å². The van der Waals surface area contributed by atoms with Gasteiger partial charge in [-0.15, -0.1) is 0 Å². The second-order valence-electron chi connectivity index (χ2n) is 3.61. The molecule has 0 aromatic carbocycles. The lowest BCUT2D eigenvalue weighted by molar-refractivity contribution is 0.169. The topological polar surface area (TPSA) is 38.1 Å². The van der Waals surface area contributed by atoms with Gasteiger partial charge in [0.05, 0.1) is 22.0 Å². The molecule has 5 heteroatoms. The minimum atomic E-state index is -0.274. The van der Waals surface area contributed by atoms with Gasteiger partial charge in [-0.2, -0.15) is 16.9 Å². The van der Waals surface area contributed by atoms with Gasteiger partial charge in [0.1, 0.15) is 0 Å². The Kier molecular flexibility index (Phi) is 5.15. The molecule has 86 valence electrons. The van der Waals surface area contributed by atoms with Crippen LogP contribution in [-0.2, 0) is 13.5 Å². The second-order valence-corrected chi connectivity index (χ2v) is 5.39. The van der Waals surface area contributed by atoms with Crippen molar-refractivity contribution in [1.29, 1.82) is 0 Å². The smallest absolute Gasteiger partial charge is 0.0738 e. The number of hydrogen-bond donors (Lipinski definition) is 1. The van der Waals surface area contributed by atoms with Crippen LogP contribution in [0.25, 0.3) is 0 Å². The maximum absolute atomic E-state index is 9.82. The van der Waals surface area contributed by atoms with Crippen LogP contribution in [0.15, 0.2) is 4.47 Å². The lowest BCUT2D eigenvalue weighted by Gasteiger charge is -2.10. The Hall–Kier alpha value is 0. The molecule has 0 fully saturated rings. The molecule has 1 heterocycles. The van der Waals surface area contributed by atoms with Crippen LogP contribution in [0.4, 0.5) is 0 Å². The Morgan fingerprint density at radius 1 is 1.60 bits per heavy atom. The van der Waals surface area contributed by atoms with Gasteiger partial charge in [-0.25, -0.2) is 0 Å². The monoisotopic (exact) mass is 292 g/mol.